The van der Waals surface area contributed by atoms with Crippen LogP contribution in [-0.2, 0) is 0 Å². The van der Waals surface area contributed by atoms with E-state index in [0.717, 1.165) is 12.2 Å². The molecule has 1 aromatic rings. The molecule has 1 unspecified atom stereocenters. The summed E-state index contributed by atoms with van der Waals surface area (Å²) in [5.74, 6) is 0. The van der Waals surface area contributed by atoms with E-state index >= 15 is 0 Å². The Labute approximate surface area is 79.8 Å². The van der Waals surface area contributed by atoms with Crippen LogP contribution in [0.2, 0.25) is 0 Å². The summed E-state index contributed by atoms with van der Waals surface area (Å²) in [6.07, 6.45) is 1.83. The highest BCUT2D eigenvalue weighted by Gasteiger charge is 2.13. The zero-order valence-corrected chi connectivity index (χ0v) is 8.49. The summed E-state index contributed by atoms with van der Waals surface area (Å²) < 4.78 is 0. The van der Waals surface area contributed by atoms with Gasteiger partial charge in [0.15, 0.2) is 0 Å². The SMILES string of the molecule is CNCC(c1ccccn1)N(C)C. The molecule has 0 aliphatic carbocycles. The number of hydrogen-bond acceptors (Lipinski definition) is 3. The van der Waals surface area contributed by atoms with Crippen LogP contribution < -0.4 is 5.32 Å². The number of nitrogens with one attached hydrogen (secondary N) is 1. The van der Waals surface area contributed by atoms with E-state index in [2.05, 4.69) is 35.4 Å². The molecule has 0 aliphatic rings. The van der Waals surface area contributed by atoms with E-state index < -0.39 is 0 Å². The standard InChI is InChI=1S/C10H17N3/c1-11-8-10(13(2)3)9-6-4-5-7-12-9/h4-7,10-11H,8H2,1-3H3. The molecule has 0 fully saturated rings. The lowest BCUT2D eigenvalue weighted by molar-refractivity contribution is 0.288. The molecule has 0 radical (unpaired) electrons. The molecule has 3 heteroatoms. The average Bonchev–Trinajstić information content (AvgIpc) is 2.15. The van der Waals surface area contributed by atoms with Crippen LogP contribution >= 0.6 is 0 Å². The number of nitrogens with zero attached hydrogens (tertiary/aromatic N) is 2. The minimum atomic E-state index is 0.353. The van der Waals surface area contributed by atoms with E-state index in [-0.39, 0.29) is 0 Å². The molecule has 13 heavy (non-hydrogen) atoms. The first kappa shape index (κ1) is 10.2. The first-order valence-corrected chi connectivity index (χ1v) is 4.47. The van der Waals surface area contributed by atoms with E-state index in [4.69, 9.17) is 0 Å². The summed E-state index contributed by atoms with van der Waals surface area (Å²) in [4.78, 5) is 6.50. The van der Waals surface area contributed by atoms with Crippen molar-refractivity contribution in [1.82, 2.24) is 15.2 Å². The van der Waals surface area contributed by atoms with Crippen molar-refractivity contribution in [2.45, 2.75) is 6.04 Å². The van der Waals surface area contributed by atoms with Crippen LogP contribution in [0.25, 0.3) is 0 Å². The Bertz CT molecular complexity index is 233. The quantitative estimate of drug-likeness (QED) is 0.744. The minimum Gasteiger partial charge on any atom is -0.318 e. The maximum atomic E-state index is 4.34. The lowest BCUT2D eigenvalue weighted by Gasteiger charge is -2.23. The summed E-state index contributed by atoms with van der Waals surface area (Å²) in [6.45, 7) is 0.921. The van der Waals surface area contributed by atoms with Gasteiger partial charge in [-0.3, -0.25) is 9.88 Å². The highest BCUT2D eigenvalue weighted by atomic mass is 15.1. The molecular formula is C10H17N3. The smallest absolute Gasteiger partial charge is 0.0641 e. The molecule has 0 spiro atoms. The fourth-order valence-electron chi connectivity index (χ4n) is 1.32. The highest BCUT2D eigenvalue weighted by molar-refractivity contribution is 5.09. The first-order valence-electron chi connectivity index (χ1n) is 4.47. The summed E-state index contributed by atoms with van der Waals surface area (Å²) in [5.41, 5.74) is 1.11. The zero-order chi connectivity index (χ0) is 9.68. The van der Waals surface area contributed by atoms with Gasteiger partial charge in [0.2, 0.25) is 0 Å². The van der Waals surface area contributed by atoms with Crippen molar-refractivity contribution in [3.05, 3.63) is 30.1 Å². The van der Waals surface area contributed by atoms with Crippen LogP contribution in [0.4, 0.5) is 0 Å². The predicted molar refractivity (Wildman–Crippen MR) is 54.6 cm³/mol. The molecular weight excluding hydrogens is 162 g/mol. The molecule has 1 heterocycles. The van der Waals surface area contributed by atoms with Gasteiger partial charge >= 0.3 is 0 Å². The van der Waals surface area contributed by atoms with Gasteiger partial charge in [-0.2, -0.15) is 0 Å². The summed E-state index contributed by atoms with van der Waals surface area (Å²) in [5, 5.41) is 3.17. The van der Waals surface area contributed by atoms with Gasteiger partial charge in [-0.1, -0.05) is 6.07 Å². The molecule has 1 atom stereocenters. The Morgan fingerprint density at radius 3 is 2.69 bits per heavy atom. The Kier molecular flexibility index (Phi) is 3.86. The fourth-order valence-corrected chi connectivity index (χ4v) is 1.32. The summed E-state index contributed by atoms with van der Waals surface area (Å²) in [6, 6.07) is 6.37. The van der Waals surface area contributed by atoms with Crippen LogP contribution in [0.5, 0.6) is 0 Å². The molecule has 0 bridgehead atoms. The molecule has 1 N–H and O–H groups in total. The number of aromatic nitrogens is 1. The van der Waals surface area contributed by atoms with Crippen molar-refractivity contribution >= 4 is 0 Å². The molecule has 0 saturated heterocycles. The van der Waals surface area contributed by atoms with Gasteiger partial charge in [0.05, 0.1) is 11.7 Å². The number of hydrogen-bond donors (Lipinski definition) is 1. The van der Waals surface area contributed by atoms with Gasteiger partial charge in [-0.05, 0) is 33.3 Å². The normalized spacial score (nSPS) is 13.2. The lowest BCUT2D eigenvalue weighted by atomic mass is 10.1. The minimum absolute atomic E-state index is 0.353. The summed E-state index contributed by atoms with van der Waals surface area (Å²) >= 11 is 0. The second-order valence-electron chi connectivity index (χ2n) is 3.29. The third kappa shape index (κ3) is 2.79. The van der Waals surface area contributed by atoms with Gasteiger partial charge in [-0.25, -0.2) is 0 Å². The molecule has 1 aromatic heterocycles. The second-order valence-corrected chi connectivity index (χ2v) is 3.29. The Balaban J connectivity index is 2.76. The topological polar surface area (TPSA) is 28.2 Å². The van der Waals surface area contributed by atoms with Crippen molar-refractivity contribution in [2.75, 3.05) is 27.7 Å². The fraction of sp³-hybridized carbons (Fsp3) is 0.500. The number of pyridine rings is 1. The third-order valence-electron chi connectivity index (χ3n) is 2.05. The monoisotopic (exact) mass is 179 g/mol. The van der Waals surface area contributed by atoms with E-state index in [0.29, 0.717) is 6.04 Å². The van der Waals surface area contributed by atoms with E-state index in [1.807, 2.05) is 25.4 Å². The van der Waals surface area contributed by atoms with Gasteiger partial charge in [0.25, 0.3) is 0 Å². The molecule has 0 saturated carbocycles. The molecule has 72 valence electrons. The predicted octanol–water partition coefficient (Wildman–Crippen LogP) is 0.904. The van der Waals surface area contributed by atoms with Crippen LogP contribution in [0.1, 0.15) is 11.7 Å². The van der Waals surface area contributed by atoms with Gasteiger partial charge < -0.3 is 5.32 Å². The summed E-state index contributed by atoms with van der Waals surface area (Å²) in [7, 11) is 6.09. The molecule has 1 rings (SSSR count). The average molecular weight is 179 g/mol. The Hall–Kier alpha value is -0.930. The van der Waals surface area contributed by atoms with Gasteiger partial charge in [0.1, 0.15) is 0 Å². The van der Waals surface area contributed by atoms with Crippen LogP contribution in [0, 0.1) is 0 Å². The molecule has 0 aliphatic heterocycles. The molecule has 0 aromatic carbocycles. The van der Waals surface area contributed by atoms with Crippen molar-refractivity contribution < 1.29 is 0 Å². The third-order valence-corrected chi connectivity index (χ3v) is 2.05. The van der Waals surface area contributed by atoms with Crippen molar-refractivity contribution in [1.29, 1.82) is 0 Å². The van der Waals surface area contributed by atoms with Crippen LogP contribution in [-0.4, -0.2) is 37.6 Å². The molecule has 0 amide bonds. The van der Waals surface area contributed by atoms with Crippen molar-refractivity contribution in [3.8, 4) is 0 Å². The van der Waals surface area contributed by atoms with Crippen molar-refractivity contribution in [3.63, 3.8) is 0 Å². The second kappa shape index (κ2) is 4.94. The van der Waals surface area contributed by atoms with Crippen LogP contribution in [0.15, 0.2) is 24.4 Å². The van der Waals surface area contributed by atoms with Gasteiger partial charge in [0, 0.05) is 12.7 Å². The van der Waals surface area contributed by atoms with Crippen LogP contribution in [0.3, 0.4) is 0 Å². The van der Waals surface area contributed by atoms with Gasteiger partial charge in [-0.15, -0.1) is 0 Å². The first-order chi connectivity index (χ1) is 6.25. The Morgan fingerprint density at radius 1 is 1.46 bits per heavy atom. The highest BCUT2D eigenvalue weighted by Crippen LogP contribution is 2.13. The van der Waals surface area contributed by atoms with E-state index in [1.54, 1.807) is 0 Å². The largest absolute Gasteiger partial charge is 0.318 e. The van der Waals surface area contributed by atoms with E-state index in [1.165, 1.54) is 0 Å². The maximum Gasteiger partial charge on any atom is 0.0641 e. The van der Waals surface area contributed by atoms with Crippen molar-refractivity contribution in [2.24, 2.45) is 0 Å². The molecule has 3 nitrogen and oxygen atoms in total. The number of rotatable bonds is 4. The Morgan fingerprint density at radius 2 is 2.23 bits per heavy atom. The maximum absolute atomic E-state index is 4.34. The number of likely N-dealkylation sites (N-methyl/N-ethyl adjacent to an activating group) is 2. The van der Waals surface area contributed by atoms with E-state index in [9.17, 15) is 0 Å². The zero-order valence-electron chi connectivity index (χ0n) is 8.49. The lowest BCUT2D eigenvalue weighted by Crippen LogP contribution is -2.29.